The molecule has 1 heterocycles. The van der Waals surface area contributed by atoms with E-state index in [-0.39, 0.29) is 6.42 Å². The number of hydrogen-bond donors (Lipinski definition) is 1. The molecule has 0 bridgehead atoms. The lowest BCUT2D eigenvalue weighted by molar-refractivity contribution is -0.154. The maximum absolute atomic E-state index is 11.9. The summed E-state index contributed by atoms with van der Waals surface area (Å²) < 4.78 is 15.4. The van der Waals surface area contributed by atoms with Gasteiger partial charge in [0, 0.05) is 25.0 Å². The Kier molecular flexibility index (Phi) is 8.63. The van der Waals surface area contributed by atoms with E-state index in [0.717, 1.165) is 6.08 Å². The summed E-state index contributed by atoms with van der Waals surface area (Å²) in [6.07, 6.45) is 3.81. The Morgan fingerprint density at radius 1 is 1.16 bits per heavy atom. The Hall–Kier alpha value is -2.41. The molecule has 4 atom stereocenters. The van der Waals surface area contributed by atoms with Gasteiger partial charge in [0.05, 0.1) is 6.42 Å². The number of ether oxygens (including phenoxy) is 3. The zero-order valence-electron chi connectivity index (χ0n) is 14.4. The minimum Gasteiger partial charge on any atom is -0.462 e. The molecule has 7 nitrogen and oxygen atoms in total. The second-order valence-electron chi connectivity index (χ2n) is 5.72. The quantitative estimate of drug-likeness (QED) is 0.458. The van der Waals surface area contributed by atoms with Crippen LogP contribution in [0.5, 0.6) is 0 Å². The molecular formula is C18H24O7. The fourth-order valence-electron chi connectivity index (χ4n) is 2.05. The molecule has 0 fully saturated rings. The van der Waals surface area contributed by atoms with Gasteiger partial charge in [-0.2, -0.15) is 0 Å². The van der Waals surface area contributed by atoms with Crippen LogP contribution in [0.1, 0.15) is 33.1 Å². The van der Waals surface area contributed by atoms with Crippen LogP contribution in [0.25, 0.3) is 0 Å². The monoisotopic (exact) mass is 352 g/mol. The van der Waals surface area contributed by atoms with Gasteiger partial charge in [-0.25, -0.2) is 9.59 Å². The molecule has 7 heteroatoms. The summed E-state index contributed by atoms with van der Waals surface area (Å²) in [5.74, 6) is -1.88. The minimum absolute atomic E-state index is 0.110. The van der Waals surface area contributed by atoms with E-state index in [0.29, 0.717) is 12.8 Å². The molecule has 1 rings (SSSR count). The number of carbonyl (C=O) groups is 3. The van der Waals surface area contributed by atoms with Gasteiger partial charge in [-0.15, -0.1) is 6.58 Å². The Morgan fingerprint density at radius 3 is 2.52 bits per heavy atom. The topological polar surface area (TPSA) is 99.1 Å². The number of carbonyl (C=O) groups excluding carboxylic acids is 3. The smallest absolute Gasteiger partial charge is 0.330 e. The van der Waals surface area contributed by atoms with Gasteiger partial charge in [-0.1, -0.05) is 12.2 Å². The van der Waals surface area contributed by atoms with Crippen molar-refractivity contribution >= 4 is 17.9 Å². The summed E-state index contributed by atoms with van der Waals surface area (Å²) in [7, 11) is 0. The number of rotatable bonds is 2. The molecule has 0 aliphatic carbocycles. The van der Waals surface area contributed by atoms with Crippen LogP contribution in [0.4, 0.5) is 0 Å². The van der Waals surface area contributed by atoms with Gasteiger partial charge in [0.2, 0.25) is 0 Å². The van der Waals surface area contributed by atoms with Crippen molar-refractivity contribution in [3.8, 4) is 0 Å². The summed E-state index contributed by atoms with van der Waals surface area (Å²) >= 11 is 0. The summed E-state index contributed by atoms with van der Waals surface area (Å²) in [6.45, 7) is 6.75. The molecular weight excluding hydrogens is 328 g/mol. The van der Waals surface area contributed by atoms with E-state index in [4.69, 9.17) is 14.2 Å². The number of aliphatic hydroxyl groups is 1. The van der Waals surface area contributed by atoms with E-state index in [1.165, 1.54) is 31.2 Å². The van der Waals surface area contributed by atoms with E-state index in [9.17, 15) is 19.5 Å². The van der Waals surface area contributed by atoms with Gasteiger partial charge < -0.3 is 19.3 Å². The lowest BCUT2D eigenvalue weighted by atomic mass is 10.1. The van der Waals surface area contributed by atoms with E-state index in [1.807, 2.05) is 0 Å². The minimum atomic E-state index is -1.17. The van der Waals surface area contributed by atoms with Crippen LogP contribution in [0.3, 0.4) is 0 Å². The SMILES string of the molecule is C=CC[C@@H]1CC(=O)O[C@@H](C)C/C=C/C(=O)O[C@@H](C)[C@H](O)/C=C/C(=O)O1. The van der Waals surface area contributed by atoms with Crippen molar-refractivity contribution in [1.29, 1.82) is 0 Å². The molecule has 0 unspecified atom stereocenters. The van der Waals surface area contributed by atoms with E-state index < -0.39 is 42.3 Å². The van der Waals surface area contributed by atoms with Crippen molar-refractivity contribution in [3.63, 3.8) is 0 Å². The van der Waals surface area contributed by atoms with E-state index >= 15 is 0 Å². The molecule has 0 aromatic heterocycles. The Balaban J connectivity index is 2.91. The molecule has 0 aromatic carbocycles. The van der Waals surface area contributed by atoms with Gasteiger partial charge in [0.1, 0.15) is 24.4 Å². The summed E-state index contributed by atoms with van der Waals surface area (Å²) in [5, 5.41) is 9.89. The van der Waals surface area contributed by atoms with E-state index in [2.05, 4.69) is 6.58 Å². The maximum Gasteiger partial charge on any atom is 0.330 e. The highest BCUT2D eigenvalue weighted by Gasteiger charge is 2.20. The third kappa shape index (κ3) is 8.30. The zero-order chi connectivity index (χ0) is 18.8. The predicted molar refractivity (Wildman–Crippen MR) is 89.3 cm³/mol. The lowest BCUT2D eigenvalue weighted by Crippen LogP contribution is -2.27. The normalized spacial score (nSPS) is 32.0. The lowest BCUT2D eigenvalue weighted by Gasteiger charge is -2.18. The first-order valence-electron chi connectivity index (χ1n) is 8.06. The molecule has 138 valence electrons. The Morgan fingerprint density at radius 2 is 1.84 bits per heavy atom. The fraction of sp³-hybridized carbons (Fsp3) is 0.500. The third-order valence-corrected chi connectivity index (χ3v) is 3.37. The van der Waals surface area contributed by atoms with Gasteiger partial charge in [-0.3, -0.25) is 4.79 Å². The average Bonchev–Trinajstić information content (AvgIpc) is 2.51. The van der Waals surface area contributed by atoms with Crippen LogP contribution in [0.2, 0.25) is 0 Å². The molecule has 0 saturated heterocycles. The highest BCUT2D eigenvalue weighted by atomic mass is 16.6. The number of hydrogen-bond acceptors (Lipinski definition) is 7. The molecule has 0 aromatic rings. The molecule has 1 aliphatic heterocycles. The molecule has 25 heavy (non-hydrogen) atoms. The number of cyclic esters (lactones) is 3. The Labute approximate surface area is 146 Å². The van der Waals surface area contributed by atoms with Crippen LogP contribution in [-0.4, -0.2) is 47.4 Å². The van der Waals surface area contributed by atoms with Crippen LogP contribution in [-0.2, 0) is 28.6 Å². The number of esters is 3. The van der Waals surface area contributed by atoms with Crippen molar-refractivity contribution in [2.75, 3.05) is 0 Å². The van der Waals surface area contributed by atoms with Crippen molar-refractivity contribution in [1.82, 2.24) is 0 Å². The molecule has 1 N–H and O–H groups in total. The third-order valence-electron chi connectivity index (χ3n) is 3.37. The maximum atomic E-state index is 11.9. The number of aliphatic hydroxyl groups excluding tert-OH is 1. The largest absolute Gasteiger partial charge is 0.462 e. The predicted octanol–water partition coefficient (Wildman–Crippen LogP) is 1.60. The van der Waals surface area contributed by atoms with Gasteiger partial charge in [-0.05, 0) is 19.9 Å². The van der Waals surface area contributed by atoms with Crippen LogP contribution >= 0.6 is 0 Å². The molecule has 0 saturated carbocycles. The fourth-order valence-corrected chi connectivity index (χ4v) is 2.05. The Bertz CT molecular complexity index is 550. The second kappa shape index (κ2) is 10.5. The molecule has 0 spiro atoms. The van der Waals surface area contributed by atoms with Gasteiger partial charge in [0.25, 0.3) is 0 Å². The van der Waals surface area contributed by atoms with Gasteiger partial charge in [0.15, 0.2) is 0 Å². The van der Waals surface area contributed by atoms with Gasteiger partial charge >= 0.3 is 17.9 Å². The van der Waals surface area contributed by atoms with Crippen molar-refractivity contribution < 1.29 is 33.7 Å². The first-order chi connectivity index (χ1) is 11.8. The highest BCUT2D eigenvalue weighted by molar-refractivity contribution is 5.83. The highest BCUT2D eigenvalue weighted by Crippen LogP contribution is 2.11. The summed E-state index contributed by atoms with van der Waals surface area (Å²) in [4.78, 5) is 35.4. The van der Waals surface area contributed by atoms with Crippen LogP contribution in [0.15, 0.2) is 37.0 Å². The van der Waals surface area contributed by atoms with Crippen LogP contribution < -0.4 is 0 Å². The van der Waals surface area contributed by atoms with Crippen molar-refractivity contribution in [2.45, 2.75) is 57.5 Å². The zero-order valence-corrected chi connectivity index (χ0v) is 14.4. The van der Waals surface area contributed by atoms with Crippen molar-refractivity contribution in [2.24, 2.45) is 0 Å². The van der Waals surface area contributed by atoms with Crippen LogP contribution in [0, 0.1) is 0 Å². The summed E-state index contributed by atoms with van der Waals surface area (Å²) in [5.41, 5.74) is 0. The first-order valence-corrected chi connectivity index (χ1v) is 8.06. The van der Waals surface area contributed by atoms with Crippen molar-refractivity contribution in [3.05, 3.63) is 37.0 Å². The second-order valence-corrected chi connectivity index (χ2v) is 5.72. The summed E-state index contributed by atoms with van der Waals surface area (Å²) in [6, 6.07) is 0. The first kappa shape index (κ1) is 20.6. The molecule has 0 radical (unpaired) electrons. The standard InChI is InChI=1S/C18H24O7/c1-4-6-14-11-18(22)23-12(2)7-5-8-16(20)24-13(3)15(19)9-10-17(21)25-14/h4-5,8-10,12-15,19H,1,6-7,11H2,2-3H3/b8-5+,10-9+/t12-,13-,14+,15+/m0/s1. The molecule has 1 aliphatic rings. The average molecular weight is 352 g/mol. The van der Waals surface area contributed by atoms with E-state index in [1.54, 1.807) is 6.92 Å². The molecule has 0 amide bonds.